The van der Waals surface area contributed by atoms with Gasteiger partial charge in [0, 0.05) is 12.8 Å². The summed E-state index contributed by atoms with van der Waals surface area (Å²) in [5, 5.41) is 6.32. The smallest absolute Gasteiger partial charge is 0.307 e. The largest absolute Gasteiger partial charge is 0.469 e. The topological polar surface area (TPSA) is 41.9 Å². The normalized spacial score (nSPS) is 24.0. The predicted octanol–water partition coefficient (Wildman–Crippen LogP) is 1.66. The summed E-state index contributed by atoms with van der Waals surface area (Å²) in [5.74, 6) is 0.367. The molecule has 0 N–H and O–H groups in total. The molecule has 0 spiro atoms. The van der Waals surface area contributed by atoms with E-state index in [-0.39, 0.29) is 11.5 Å². The quantitative estimate of drug-likeness (QED) is 0.668. The summed E-state index contributed by atoms with van der Waals surface area (Å²) >= 11 is 0. The van der Waals surface area contributed by atoms with Gasteiger partial charge in [-0.05, 0) is 26.2 Å². The summed E-state index contributed by atoms with van der Waals surface area (Å²) in [6.07, 6.45) is 3.32. The zero-order valence-electron chi connectivity index (χ0n) is 9.99. The van der Waals surface area contributed by atoms with Crippen molar-refractivity contribution < 1.29 is 9.53 Å². The summed E-state index contributed by atoms with van der Waals surface area (Å²) in [6.45, 7) is 7.15. The Morgan fingerprint density at radius 1 is 1.67 bits per heavy atom. The summed E-state index contributed by atoms with van der Waals surface area (Å²) in [4.78, 5) is 11.0. The minimum Gasteiger partial charge on any atom is -0.469 e. The Hall–Kier alpha value is -1.06. The molecule has 86 valence electrons. The molecule has 0 saturated carbocycles. The molecule has 4 nitrogen and oxygen atoms in total. The molecule has 0 fully saturated rings. The molecule has 1 atom stereocenters. The minimum atomic E-state index is -0.181. The number of rotatable bonds is 3. The highest BCUT2D eigenvalue weighted by molar-refractivity contribution is 5.69. The Morgan fingerprint density at radius 2 is 2.33 bits per heavy atom. The second kappa shape index (κ2) is 4.64. The molecule has 15 heavy (non-hydrogen) atoms. The number of hydrogen-bond acceptors (Lipinski definition) is 4. The summed E-state index contributed by atoms with van der Waals surface area (Å²) < 4.78 is 4.62. The number of carbonyl (C=O) groups is 1. The Labute approximate surface area is 91.3 Å². The lowest BCUT2D eigenvalue weighted by Gasteiger charge is -2.43. The zero-order chi connectivity index (χ0) is 11.5. The van der Waals surface area contributed by atoms with Gasteiger partial charge in [0.1, 0.15) is 0 Å². The van der Waals surface area contributed by atoms with Gasteiger partial charge in [0.25, 0.3) is 0 Å². The van der Waals surface area contributed by atoms with Crippen LogP contribution in [0.25, 0.3) is 0 Å². The summed E-state index contributed by atoms with van der Waals surface area (Å²) in [7, 11) is 1.41. The van der Waals surface area contributed by atoms with Gasteiger partial charge in [-0.15, -0.1) is 0 Å². The number of nitrogens with zero attached hydrogens (tertiary/aromatic N) is 2. The van der Waals surface area contributed by atoms with Crippen LogP contribution < -0.4 is 0 Å². The van der Waals surface area contributed by atoms with Crippen molar-refractivity contribution in [2.24, 2.45) is 11.0 Å². The molecule has 1 heterocycles. The average Bonchev–Trinajstić information content (AvgIpc) is 2.20. The summed E-state index contributed by atoms with van der Waals surface area (Å²) in [6, 6.07) is 0. The second-order valence-electron chi connectivity index (χ2n) is 4.54. The van der Waals surface area contributed by atoms with Crippen molar-refractivity contribution in [3.8, 4) is 0 Å². The van der Waals surface area contributed by atoms with Crippen molar-refractivity contribution in [1.29, 1.82) is 0 Å². The van der Waals surface area contributed by atoms with Crippen LogP contribution >= 0.6 is 0 Å². The highest BCUT2D eigenvalue weighted by atomic mass is 16.5. The van der Waals surface area contributed by atoms with Crippen LogP contribution in [0.4, 0.5) is 0 Å². The molecule has 1 aliphatic rings. The Balaban J connectivity index is 2.57. The lowest BCUT2D eigenvalue weighted by Crippen LogP contribution is -2.48. The number of ether oxygens (including phenoxy) is 1. The Morgan fingerprint density at radius 3 is 2.93 bits per heavy atom. The van der Waals surface area contributed by atoms with Gasteiger partial charge in [0.15, 0.2) is 0 Å². The average molecular weight is 212 g/mol. The minimum absolute atomic E-state index is 0.0166. The standard InChI is InChI=1S/C11H20N2O2/c1-9-5-7-12-13(11(9,2)3)8-6-10(14)15-4/h7,9H,5-6,8H2,1-4H3. The lowest BCUT2D eigenvalue weighted by atomic mass is 9.85. The third-order valence-electron chi connectivity index (χ3n) is 3.31. The van der Waals surface area contributed by atoms with Crippen LogP contribution in [-0.4, -0.2) is 36.4 Å². The Bertz CT molecular complexity index is 261. The van der Waals surface area contributed by atoms with Crippen molar-refractivity contribution in [2.45, 2.75) is 39.2 Å². The van der Waals surface area contributed by atoms with Crippen LogP contribution in [0.15, 0.2) is 5.10 Å². The van der Waals surface area contributed by atoms with Crippen molar-refractivity contribution in [3.05, 3.63) is 0 Å². The number of carbonyl (C=O) groups excluding carboxylic acids is 1. The van der Waals surface area contributed by atoms with Gasteiger partial charge in [-0.3, -0.25) is 9.80 Å². The first-order valence-corrected chi connectivity index (χ1v) is 5.35. The van der Waals surface area contributed by atoms with Crippen LogP contribution in [-0.2, 0) is 9.53 Å². The molecule has 0 radical (unpaired) electrons. The molecule has 0 aliphatic carbocycles. The van der Waals surface area contributed by atoms with Crippen LogP contribution in [0.2, 0.25) is 0 Å². The summed E-state index contributed by atoms with van der Waals surface area (Å²) in [5.41, 5.74) is 0.0166. The predicted molar refractivity (Wildman–Crippen MR) is 59.7 cm³/mol. The van der Waals surface area contributed by atoms with E-state index in [9.17, 15) is 4.79 Å². The van der Waals surface area contributed by atoms with Gasteiger partial charge in [0.05, 0.1) is 19.1 Å². The third kappa shape index (κ3) is 2.70. The molecule has 0 saturated heterocycles. The maximum atomic E-state index is 11.0. The number of hydrogen-bond donors (Lipinski definition) is 0. The molecule has 0 aromatic heterocycles. The molecule has 1 aliphatic heterocycles. The number of methoxy groups -OCH3 is 1. The highest BCUT2D eigenvalue weighted by Gasteiger charge is 2.34. The van der Waals surface area contributed by atoms with Gasteiger partial charge >= 0.3 is 5.97 Å². The van der Waals surface area contributed by atoms with Crippen LogP contribution in [0.5, 0.6) is 0 Å². The van der Waals surface area contributed by atoms with E-state index in [0.29, 0.717) is 18.9 Å². The second-order valence-corrected chi connectivity index (χ2v) is 4.54. The molecule has 1 unspecified atom stereocenters. The highest BCUT2D eigenvalue weighted by Crippen LogP contribution is 2.29. The van der Waals surface area contributed by atoms with Crippen LogP contribution in [0.1, 0.15) is 33.6 Å². The molecule has 0 aromatic carbocycles. The fraction of sp³-hybridized carbons (Fsp3) is 0.818. The van der Waals surface area contributed by atoms with Gasteiger partial charge in [-0.25, -0.2) is 0 Å². The third-order valence-corrected chi connectivity index (χ3v) is 3.31. The van der Waals surface area contributed by atoms with Crippen molar-refractivity contribution in [2.75, 3.05) is 13.7 Å². The molecule has 0 aromatic rings. The molecular formula is C11H20N2O2. The number of hydrazone groups is 1. The fourth-order valence-corrected chi connectivity index (χ4v) is 1.64. The molecule has 0 amide bonds. The van der Waals surface area contributed by atoms with Crippen LogP contribution in [0.3, 0.4) is 0 Å². The van der Waals surface area contributed by atoms with Crippen molar-refractivity contribution in [1.82, 2.24) is 5.01 Å². The fourth-order valence-electron chi connectivity index (χ4n) is 1.64. The number of esters is 1. The Kier molecular flexibility index (Phi) is 3.72. The van der Waals surface area contributed by atoms with E-state index in [0.717, 1.165) is 6.42 Å². The van der Waals surface area contributed by atoms with E-state index in [2.05, 4.69) is 30.6 Å². The van der Waals surface area contributed by atoms with Crippen molar-refractivity contribution >= 4 is 12.2 Å². The maximum absolute atomic E-state index is 11.0. The molecule has 4 heteroatoms. The van der Waals surface area contributed by atoms with E-state index in [4.69, 9.17) is 0 Å². The van der Waals surface area contributed by atoms with Crippen molar-refractivity contribution in [3.63, 3.8) is 0 Å². The van der Waals surface area contributed by atoms with E-state index < -0.39 is 0 Å². The molecule has 1 rings (SSSR count). The maximum Gasteiger partial charge on any atom is 0.307 e. The first kappa shape index (κ1) is 12.0. The molecular weight excluding hydrogens is 192 g/mol. The van der Waals surface area contributed by atoms with E-state index in [1.807, 2.05) is 11.2 Å². The van der Waals surface area contributed by atoms with Gasteiger partial charge in [-0.2, -0.15) is 5.10 Å². The molecule has 0 bridgehead atoms. The monoisotopic (exact) mass is 212 g/mol. The SMILES string of the molecule is COC(=O)CCN1N=CCC(C)C1(C)C. The van der Waals surface area contributed by atoms with E-state index in [1.54, 1.807) is 0 Å². The van der Waals surface area contributed by atoms with Crippen LogP contribution in [0, 0.1) is 5.92 Å². The zero-order valence-corrected chi connectivity index (χ0v) is 9.99. The van der Waals surface area contributed by atoms with E-state index in [1.165, 1.54) is 7.11 Å². The van der Waals surface area contributed by atoms with Gasteiger partial charge in [-0.1, -0.05) is 6.92 Å². The van der Waals surface area contributed by atoms with Gasteiger partial charge < -0.3 is 4.74 Å². The first-order chi connectivity index (χ1) is 6.98. The lowest BCUT2D eigenvalue weighted by molar-refractivity contribution is -0.141. The van der Waals surface area contributed by atoms with E-state index >= 15 is 0 Å². The first-order valence-electron chi connectivity index (χ1n) is 5.35. The van der Waals surface area contributed by atoms with Gasteiger partial charge in [0.2, 0.25) is 0 Å².